The van der Waals surface area contributed by atoms with Crippen molar-refractivity contribution < 1.29 is 23.8 Å². The van der Waals surface area contributed by atoms with Crippen molar-refractivity contribution in [2.75, 3.05) is 20.3 Å². The summed E-state index contributed by atoms with van der Waals surface area (Å²) in [6.45, 7) is 0.650. The summed E-state index contributed by atoms with van der Waals surface area (Å²) in [5, 5.41) is 9.41. The molecule has 5 nitrogen and oxygen atoms in total. The van der Waals surface area contributed by atoms with E-state index in [0.29, 0.717) is 25.1 Å². The molecule has 1 aliphatic heterocycles. The maximum atomic E-state index is 13.1. The van der Waals surface area contributed by atoms with Gasteiger partial charge in [0.1, 0.15) is 5.82 Å². The minimum Gasteiger partial charge on any atom is -0.481 e. The van der Waals surface area contributed by atoms with Crippen LogP contribution in [0, 0.1) is 11.7 Å². The van der Waals surface area contributed by atoms with Crippen molar-refractivity contribution in [3.63, 3.8) is 0 Å². The Hall–Kier alpha value is -1.95. The minimum atomic E-state index is -0.945. The van der Waals surface area contributed by atoms with Crippen LogP contribution < -0.4 is 0 Å². The highest BCUT2D eigenvalue weighted by Gasteiger charge is 2.40. The Kier molecular flexibility index (Phi) is 4.90. The Morgan fingerprint density at radius 1 is 1.43 bits per heavy atom. The molecule has 0 aromatic heterocycles. The van der Waals surface area contributed by atoms with Gasteiger partial charge in [0.25, 0.3) is 0 Å². The maximum Gasteiger partial charge on any atom is 0.308 e. The van der Waals surface area contributed by atoms with Crippen molar-refractivity contribution in [2.24, 2.45) is 5.92 Å². The van der Waals surface area contributed by atoms with Crippen molar-refractivity contribution in [1.82, 2.24) is 4.90 Å². The second-order valence-corrected chi connectivity index (χ2v) is 5.06. The smallest absolute Gasteiger partial charge is 0.308 e. The zero-order valence-electron chi connectivity index (χ0n) is 11.8. The van der Waals surface area contributed by atoms with E-state index in [1.807, 2.05) is 0 Å². The number of carbonyl (C=O) groups excluding carboxylic acids is 1. The lowest BCUT2D eigenvalue weighted by atomic mass is 9.84. The SMILES string of the molecule is COCCN1C(=O)CCC(C(=O)O)C1c1ccc(F)cc1. The summed E-state index contributed by atoms with van der Waals surface area (Å²) in [5.41, 5.74) is 0.632. The summed E-state index contributed by atoms with van der Waals surface area (Å²) < 4.78 is 18.1. The van der Waals surface area contributed by atoms with E-state index in [1.54, 1.807) is 0 Å². The fourth-order valence-corrected chi connectivity index (χ4v) is 2.74. The number of carbonyl (C=O) groups is 2. The monoisotopic (exact) mass is 295 g/mol. The molecular weight excluding hydrogens is 277 g/mol. The van der Waals surface area contributed by atoms with Crippen LogP contribution in [-0.4, -0.2) is 42.1 Å². The van der Waals surface area contributed by atoms with Gasteiger partial charge in [-0.1, -0.05) is 12.1 Å². The van der Waals surface area contributed by atoms with Crippen LogP contribution in [0.5, 0.6) is 0 Å². The molecule has 114 valence electrons. The number of ether oxygens (including phenoxy) is 1. The molecule has 1 amide bonds. The van der Waals surface area contributed by atoms with E-state index in [2.05, 4.69) is 0 Å². The summed E-state index contributed by atoms with van der Waals surface area (Å²) in [6.07, 6.45) is 0.498. The van der Waals surface area contributed by atoms with Crippen molar-refractivity contribution in [3.8, 4) is 0 Å². The van der Waals surface area contributed by atoms with Gasteiger partial charge in [0, 0.05) is 20.1 Å². The average molecular weight is 295 g/mol. The Morgan fingerprint density at radius 2 is 2.10 bits per heavy atom. The second kappa shape index (κ2) is 6.67. The van der Waals surface area contributed by atoms with Crippen LogP contribution in [0.3, 0.4) is 0 Å². The van der Waals surface area contributed by atoms with E-state index in [9.17, 15) is 19.1 Å². The van der Waals surface area contributed by atoms with Gasteiger partial charge in [0.05, 0.1) is 18.6 Å². The zero-order valence-corrected chi connectivity index (χ0v) is 11.8. The largest absolute Gasteiger partial charge is 0.481 e. The van der Waals surface area contributed by atoms with Crippen LogP contribution in [0.1, 0.15) is 24.4 Å². The number of nitrogens with zero attached hydrogens (tertiary/aromatic N) is 1. The summed E-state index contributed by atoms with van der Waals surface area (Å²) in [7, 11) is 1.52. The van der Waals surface area contributed by atoms with Gasteiger partial charge in [-0.15, -0.1) is 0 Å². The molecule has 1 saturated heterocycles. The molecule has 2 unspecified atom stereocenters. The number of carboxylic acids is 1. The predicted octanol–water partition coefficient (Wildman–Crippen LogP) is 1.84. The first-order chi connectivity index (χ1) is 10.0. The number of hydrogen-bond donors (Lipinski definition) is 1. The molecule has 0 aliphatic carbocycles. The van der Waals surface area contributed by atoms with Gasteiger partial charge >= 0.3 is 5.97 Å². The molecule has 6 heteroatoms. The number of amides is 1. The Balaban J connectivity index is 2.35. The highest BCUT2D eigenvalue weighted by atomic mass is 19.1. The van der Waals surface area contributed by atoms with Crippen LogP contribution in [0.4, 0.5) is 4.39 Å². The van der Waals surface area contributed by atoms with Gasteiger partial charge in [-0.25, -0.2) is 4.39 Å². The minimum absolute atomic E-state index is 0.0983. The number of piperidine rings is 1. The van der Waals surface area contributed by atoms with Crippen molar-refractivity contribution in [3.05, 3.63) is 35.6 Å². The molecule has 1 heterocycles. The molecule has 1 aromatic carbocycles. The Morgan fingerprint density at radius 3 is 2.67 bits per heavy atom. The topological polar surface area (TPSA) is 66.8 Å². The highest BCUT2D eigenvalue weighted by molar-refractivity contribution is 5.81. The van der Waals surface area contributed by atoms with Crippen LogP contribution >= 0.6 is 0 Å². The summed E-state index contributed by atoms with van der Waals surface area (Å²) >= 11 is 0. The third kappa shape index (κ3) is 3.39. The molecule has 1 aromatic rings. The normalized spacial score (nSPS) is 22.4. The molecule has 1 N–H and O–H groups in total. The first-order valence-electron chi connectivity index (χ1n) is 6.81. The molecule has 2 rings (SSSR count). The van der Waals surface area contributed by atoms with E-state index in [4.69, 9.17) is 4.74 Å². The lowest BCUT2D eigenvalue weighted by Gasteiger charge is -2.39. The quantitative estimate of drug-likeness (QED) is 0.900. The van der Waals surface area contributed by atoms with Crippen LogP contribution in [0.25, 0.3) is 0 Å². The van der Waals surface area contributed by atoms with Crippen LogP contribution in [-0.2, 0) is 14.3 Å². The number of benzene rings is 1. The molecule has 2 atom stereocenters. The van der Waals surface area contributed by atoms with Crippen molar-refractivity contribution in [2.45, 2.75) is 18.9 Å². The number of methoxy groups -OCH3 is 1. The second-order valence-electron chi connectivity index (χ2n) is 5.06. The molecular formula is C15H18FNO4. The number of aliphatic carboxylic acids is 1. The third-order valence-corrected chi connectivity index (χ3v) is 3.77. The average Bonchev–Trinajstić information content (AvgIpc) is 2.46. The van der Waals surface area contributed by atoms with Gasteiger partial charge in [0.15, 0.2) is 0 Å². The van der Waals surface area contributed by atoms with Crippen molar-refractivity contribution >= 4 is 11.9 Å². The van der Waals surface area contributed by atoms with E-state index in [-0.39, 0.29) is 12.3 Å². The fourth-order valence-electron chi connectivity index (χ4n) is 2.74. The molecule has 0 spiro atoms. The standard InChI is InChI=1S/C15H18FNO4/c1-21-9-8-17-13(18)7-6-12(15(19)20)14(17)10-2-4-11(16)5-3-10/h2-5,12,14H,6-9H2,1H3,(H,19,20). The van der Waals surface area contributed by atoms with Gasteiger partial charge in [-0.05, 0) is 24.1 Å². The van der Waals surface area contributed by atoms with E-state index in [0.717, 1.165) is 0 Å². The van der Waals surface area contributed by atoms with Crippen LogP contribution in [0.15, 0.2) is 24.3 Å². The Bertz CT molecular complexity index is 517. The predicted molar refractivity (Wildman–Crippen MR) is 73.1 cm³/mol. The highest BCUT2D eigenvalue weighted by Crippen LogP contribution is 2.36. The first-order valence-corrected chi connectivity index (χ1v) is 6.81. The molecule has 0 radical (unpaired) electrons. The lowest BCUT2D eigenvalue weighted by Crippen LogP contribution is -2.46. The number of rotatable bonds is 5. The number of hydrogen-bond acceptors (Lipinski definition) is 3. The first kappa shape index (κ1) is 15.4. The molecule has 0 bridgehead atoms. The molecule has 1 fully saturated rings. The van der Waals surface area contributed by atoms with Crippen LogP contribution in [0.2, 0.25) is 0 Å². The third-order valence-electron chi connectivity index (χ3n) is 3.77. The van der Waals surface area contributed by atoms with Gasteiger partial charge in [-0.3, -0.25) is 9.59 Å². The molecule has 21 heavy (non-hydrogen) atoms. The van der Waals surface area contributed by atoms with E-state index >= 15 is 0 Å². The van der Waals surface area contributed by atoms with E-state index < -0.39 is 23.7 Å². The van der Waals surface area contributed by atoms with Gasteiger partial charge < -0.3 is 14.7 Å². The summed E-state index contributed by atoms with van der Waals surface area (Å²) in [4.78, 5) is 25.1. The lowest BCUT2D eigenvalue weighted by molar-refractivity contribution is -0.152. The fraction of sp³-hybridized carbons (Fsp3) is 0.467. The summed E-state index contributed by atoms with van der Waals surface area (Å²) in [5.74, 6) is -2.13. The van der Waals surface area contributed by atoms with Gasteiger partial charge in [0.2, 0.25) is 5.91 Å². The number of carboxylic acid groups (broad SMARTS) is 1. The maximum absolute atomic E-state index is 13.1. The molecule has 1 aliphatic rings. The summed E-state index contributed by atoms with van der Waals surface area (Å²) in [6, 6.07) is 5.05. The van der Waals surface area contributed by atoms with E-state index in [1.165, 1.54) is 36.3 Å². The molecule has 0 saturated carbocycles. The van der Waals surface area contributed by atoms with Gasteiger partial charge in [-0.2, -0.15) is 0 Å². The zero-order chi connectivity index (χ0) is 15.4. The number of likely N-dealkylation sites (tertiary alicyclic amines) is 1. The number of halogens is 1. The van der Waals surface area contributed by atoms with Crippen molar-refractivity contribution in [1.29, 1.82) is 0 Å². The Labute approximate surface area is 122 Å².